The number of Topliss-reactive ketones (excluding diaryl/α,β-unsaturated/α-hetero) is 2. The number of pyridine rings is 1. The van der Waals surface area contributed by atoms with Crippen molar-refractivity contribution in [1.29, 1.82) is 0 Å². The van der Waals surface area contributed by atoms with Crippen LogP contribution < -0.4 is 5.32 Å². The molecule has 0 bridgehead atoms. The Labute approximate surface area is 319 Å². The molecule has 0 unspecified atom stereocenters. The largest absolute Gasteiger partial charge is 0.458 e. The highest BCUT2D eigenvalue weighted by Crippen LogP contribution is 2.40. The minimum Gasteiger partial charge on any atom is -0.458 e. The van der Waals surface area contributed by atoms with Gasteiger partial charge in [-0.25, -0.2) is 4.79 Å². The van der Waals surface area contributed by atoms with E-state index in [4.69, 9.17) is 23.7 Å². The summed E-state index contributed by atoms with van der Waals surface area (Å²) in [4.78, 5) is 62.0. The number of ketones is 2. The highest BCUT2D eigenvalue weighted by molar-refractivity contribution is 6.00. The molecule has 54 heavy (non-hydrogen) atoms. The Kier molecular flexibility index (Phi) is 13.0. The molecular weight excluding hydrogens is 690 g/mol. The van der Waals surface area contributed by atoms with Crippen LogP contribution in [0.25, 0.3) is 17.0 Å². The minimum absolute atomic E-state index is 0.106. The van der Waals surface area contributed by atoms with Crippen molar-refractivity contribution in [1.82, 2.24) is 15.2 Å². The fraction of sp³-hybridized carbons (Fsp3) is 0.643. The van der Waals surface area contributed by atoms with E-state index in [2.05, 4.69) is 15.2 Å². The highest BCUT2D eigenvalue weighted by Gasteiger charge is 2.57. The lowest BCUT2D eigenvalue weighted by atomic mass is 9.73. The van der Waals surface area contributed by atoms with Crippen molar-refractivity contribution in [3.05, 3.63) is 48.2 Å². The minimum atomic E-state index is -1.35. The lowest BCUT2D eigenvalue weighted by Crippen LogP contribution is -2.58. The number of nitrogens with one attached hydrogen (secondary N) is 1. The van der Waals surface area contributed by atoms with Gasteiger partial charge in [0.15, 0.2) is 17.7 Å². The summed E-state index contributed by atoms with van der Waals surface area (Å²) in [6, 6.07) is 9.31. The third kappa shape index (κ3) is 8.88. The van der Waals surface area contributed by atoms with Crippen molar-refractivity contribution in [2.75, 3.05) is 20.7 Å². The molecule has 1 aromatic heterocycles. The van der Waals surface area contributed by atoms with Crippen LogP contribution in [0.5, 0.6) is 0 Å². The van der Waals surface area contributed by atoms with Crippen LogP contribution >= 0.6 is 0 Å². The molecule has 0 spiro atoms. The molecule has 4 heterocycles. The zero-order valence-electron chi connectivity index (χ0n) is 33.5. The van der Waals surface area contributed by atoms with E-state index in [0.717, 1.165) is 22.9 Å². The number of esters is 1. The molecule has 12 atom stereocenters. The Hall–Kier alpha value is -3.71. The SMILES string of the molecule is CC[C@H]1OC(=O)[C@H](C)C(=O)[C@H](C)[C@@H](O[C@H]2C[C@@H](N(C)C)C[C@@H](C)O2)[C@](C)(OC/C=C/c2cnc3ccccc3c2)C[C@@H](C)C(=O)[C@H](C)[C@@H]2NC(=O)O[C@]12C. The summed E-state index contributed by atoms with van der Waals surface area (Å²) in [5.41, 5.74) is -0.789. The smallest absolute Gasteiger partial charge is 0.408 e. The van der Waals surface area contributed by atoms with Gasteiger partial charge >= 0.3 is 12.1 Å². The summed E-state index contributed by atoms with van der Waals surface area (Å²) in [5.74, 6) is -4.63. The maximum atomic E-state index is 14.4. The fourth-order valence-corrected chi connectivity index (χ4v) is 8.67. The molecule has 5 rings (SSSR count). The summed E-state index contributed by atoms with van der Waals surface area (Å²) in [6.45, 7) is 14.3. The van der Waals surface area contributed by atoms with Gasteiger partial charge in [0, 0.05) is 41.8 Å². The van der Waals surface area contributed by atoms with E-state index in [1.165, 1.54) is 6.92 Å². The van der Waals surface area contributed by atoms with Crippen LogP contribution in [0.3, 0.4) is 0 Å². The monoisotopic (exact) mass is 749 g/mol. The van der Waals surface area contributed by atoms with E-state index in [9.17, 15) is 19.2 Å². The van der Waals surface area contributed by atoms with Crippen LogP contribution in [-0.2, 0) is 38.1 Å². The molecule has 3 saturated heterocycles. The van der Waals surface area contributed by atoms with E-state index in [-0.39, 0.29) is 31.0 Å². The normalized spacial score (nSPS) is 37.2. The van der Waals surface area contributed by atoms with Crippen molar-refractivity contribution in [3.8, 4) is 0 Å². The molecule has 296 valence electrons. The third-order valence-electron chi connectivity index (χ3n) is 11.8. The molecule has 1 amide bonds. The van der Waals surface area contributed by atoms with Crippen molar-refractivity contribution in [2.45, 2.75) is 129 Å². The Balaban J connectivity index is 1.54. The zero-order valence-corrected chi connectivity index (χ0v) is 33.5. The number of hydrogen-bond donors (Lipinski definition) is 1. The van der Waals surface area contributed by atoms with Crippen LogP contribution in [0.2, 0.25) is 0 Å². The Morgan fingerprint density at radius 2 is 1.72 bits per heavy atom. The highest BCUT2D eigenvalue weighted by atomic mass is 16.7. The van der Waals surface area contributed by atoms with E-state index in [1.807, 2.05) is 84.3 Å². The van der Waals surface area contributed by atoms with Crippen molar-refractivity contribution < 1.29 is 42.9 Å². The van der Waals surface area contributed by atoms with Crippen molar-refractivity contribution in [3.63, 3.8) is 0 Å². The van der Waals surface area contributed by atoms with E-state index in [0.29, 0.717) is 12.8 Å². The van der Waals surface area contributed by atoms with Gasteiger partial charge in [0.25, 0.3) is 0 Å². The Morgan fingerprint density at radius 3 is 2.43 bits per heavy atom. The number of rotatable bonds is 8. The molecule has 1 N–H and O–H groups in total. The standard InChI is InChI=1S/C42H59N3O9/c1-11-33-42(8)37(44-40(49)54-42)26(4)35(46)24(2)22-41(7,50-18-14-15-29-20-30-16-12-13-17-32(30)43-23-29)38(27(5)36(47)28(6)39(48)52-33)53-34-21-31(45(9)10)19-25(3)51-34/h12-17,20,23-28,31,33-34,37-38H,11,18-19,21-22H2,1-10H3,(H,44,49)/b15-14+/t24-,25-,26+,27+,28-,31+,33-,34+,37+,38-,41-,42-/m1/s1. The fourth-order valence-electron chi connectivity index (χ4n) is 8.67. The summed E-state index contributed by atoms with van der Waals surface area (Å²) < 4.78 is 31.7. The summed E-state index contributed by atoms with van der Waals surface area (Å²) in [5, 5.41) is 3.83. The van der Waals surface area contributed by atoms with Gasteiger partial charge in [-0.2, -0.15) is 0 Å². The second kappa shape index (κ2) is 17.0. The van der Waals surface area contributed by atoms with E-state index < -0.39 is 77.3 Å². The predicted octanol–water partition coefficient (Wildman–Crippen LogP) is 6.14. The molecule has 3 fully saturated rings. The number of nitrogens with zero attached hydrogens (tertiary/aromatic N) is 2. The average Bonchev–Trinajstić information content (AvgIpc) is 3.46. The molecule has 12 nitrogen and oxygen atoms in total. The van der Waals surface area contributed by atoms with Crippen LogP contribution in [0.4, 0.5) is 4.79 Å². The Morgan fingerprint density at radius 1 is 1.00 bits per heavy atom. The Bertz CT molecular complexity index is 1710. The number of amides is 1. The van der Waals surface area contributed by atoms with Gasteiger partial charge in [0.1, 0.15) is 17.8 Å². The van der Waals surface area contributed by atoms with Crippen molar-refractivity contribution in [2.24, 2.45) is 23.7 Å². The first-order chi connectivity index (χ1) is 25.5. The number of alkyl carbamates (subject to hydrolysis) is 1. The summed E-state index contributed by atoms with van der Waals surface area (Å²) >= 11 is 0. The number of carbonyl (C=O) groups excluding carboxylic acids is 4. The van der Waals surface area contributed by atoms with Gasteiger partial charge in [-0.15, -0.1) is 0 Å². The van der Waals surface area contributed by atoms with Crippen LogP contribution in [0.15, 0.2) is 42.6 Å². The number of hydrogen-bond acceptors (Lipinski definition) is 11. The number of fused-ring (bicyclic) bond motifs is 2. The van der Waals surface area contributed by atoms with Gasteiger partial charge in [-0.05, 0) is 78.7 Å². The van der Waals surface area contributed by atoms with Gasteiger partial charge < -0.3 is 33.9 Å². The molecule has 0 saturated carbocycles. The first-order valence-electron chi connectivity index (χ1n) is 19.4. The average molecular weight is 750 g/mol. The first kappa shape index (κ1) is 41.5. The molecule has 12 heteroatoms. The predicted molar refractivity (Wildman–Crippen MR) is 204 cm³/mol. The first-order valence-corrected chi connectivity index (χ1v) is 19.4. The second-order valence-electron chi connectivity index (χ2n) is 16.2. The molecule has 0 aliphatic carbocycles. The summed E-state index contributed by atoms with van der Waals surface area (Å²) in [6.07, 6.45) is 4.14. The lowest BCUT2D eigenvalue weighted by Gasteiger charge is -2.46. The topological polar surface area (TPSA) is 143 Å². The maximum Gasteiger partial charge on any atom is 0.408 e. The molecule has 0 radical (unpaired) electrons. The van der Waals surface area contributed by atoms with E-state index >= 15 is 0 Å². The van der Waals surface area contributed by atoms with Crippen LogP contribution in [-0.4, -0.2) is 102 Å². The molecule has 2 aromatic rings. The van der Waals surface area contributed by atoms with Gasteiger partial charge in [0.05, 0.1) is 36.0 Å². The lowest BCUT2D eigenvalue weighted by molar-refractivity contribution is -0.264. The second-order valence-corrected chi connectivity index (χ2v) is 16.2. The number of carbonyl (C=O) groups is 4. The number of ether oxygens (including phenoxy) is 5. The molecule has 3 aliphatic heterocycles. The number of benzene rings is 1. The molecule has 1 aromatic carbocycles. The number of aromatic nitrogens is 1. The van der Waals surface area contributed by atoms with Crippen LogP contribution in [0, 0.1) is 23.7 Å². The van der Waals surface area contributed by atoms with Crippen molar-refractivity contribution >= 4 is 40.6 Å². The summed E-state index contributed by atoms with van der Waals surface area (Å²) in [7, 11) is 4.04. The maximum absolute atomic E-state index is 14.4. The van der Waals surface area contributed by atoms with Gasteiger partial charge in [-0.1, -0.05) is 58.0 Å². The number of para-hydroxylation sites is 1. The quantitative estimate of drug-likeness (QED) is 0.246. The van der Waals surface area contributed by atoms with E-state index in [1.54, 1.807) is 27.0 Å². The number of cyclic esters (lactones) is 1. The third-order valence-corrected chi connectivity index (χ3v) is 11.8. The van der Waals surface area contributed by atoms with Gasteiger partial charge in [0.2, 0.25) is 0 Å². The zero-order chi connectivity index (χ0) is 39.5. The van der Waals surface area contributed by atoms with Crippen LogP contribution in [0.1, 0.15) is 86.6 Å². The molecular formula is C42H59N3O9. The molecule has 3 aliphatic rings. The van der Waals surface area contributed by atoms with Gasteiger partial charge in [-0.3, -0.25) is 19.4 Å².